The Balaban J connectivity index is 0.000000221. The second-order valence-corrected chi connectivity index (χ2v) is 14.1. The lowest BCUT2D eigenvalue weighted by Crippen LogP contribution is -2.13. The van der Waals surface area contributed by atoms with Crippen molar-refractivity contribution in [1.29, 1.82) is 0 Å². The zero-order valence-electron chi connectivity index (χ0n) is 26.6. The zero-order chi connectivity index (χ0) is 35.5. The number of halogens is 1. The van der Waals surface area contributed by atoms with E-state index in [1.165, 1.54) is 49.5 Å². The second-order valence-electron chi connectivity index (χ2n) is 9.86. The van der Waals surface area contributed by atoms with Crippen LogP contribution in [0.2, 0.25) is 0 Å². The Kier molecular flexibility index (Phi) is 15.2. The van der Waals surface area contributed by atoms with Crippen LogP contribution in [-0.2, 0) is 9.59 Å². The summed E-state index contributed by atoms with van der Waals surface area (Å²) >= 11 is 14.7. The molecule has 50 heavy (non-hydrogen) atoms. The van der Waals surface area contributed by atoms with Crippen molar-refractivity contribution in [3.63, 3.8) is 0 Å². The maximum atomic E-state index is 12.0. The highest BCUT2D eigenvalue weighted by molar-refractivity contribution is 8.01. The van der Waals surface area contributed by atoms with E-state index in [0.717, 1.165) is 34.7 Å². The van der Waals surface area contributed by atoms with Crippen molar-refractivity contribution >= 4 is 102 Å². The zero-order valence-corrected chi connectivity index (χ0v) is 30.6. The molecule has 12 nitrogen and oxygen atoms in total. The van der Waals surface area contributed by atoms with Gasteiger partial charge < -0.3 is 35.3 Å². The predicted octanol–water partition coefficient (Wildman–Crippen LogP) is 8.32. The van der Waals surface area contributed by atoms with Gasteiger partial charge in [0.25, 0.3) is 0 Å². The summed E-state index contributed by atoms with van der Waals surface area (Å²) in [5, 5.41) is 24.3. The summed E-state index contributed by atoms with van der Waals surface area (Å²) in [7, 11) is 2.92. The molecule has 6 rings (SSSR count). The van der Waals surface area contributed by atoms with Crippen LogP contribution in [0, 0.1) is 17.8 Å². The van der Waals surface area contributed by atoms with Crippen molar-refractivity contribution < 1.29 is 29.3 Å². The number of phenols is 2. The maximum absolute atomic E-state index is 12.0. The molecule has 0 spiro atoms. The molecule has 17 heteroatoms. The van der Waals surface area contributed by atoms with Crippen molar-refractivity contribution in [3.05, 3.63) is 76.0 Å². The summed E-state index contributed by atoms with van der Waals surface area (Å²) in [6, 6.07) is 17.2. The highest BCUT2D eigenvalue weighted by Crippen LogP contribution is 2.31. The van der Waals surface area contributed by atoms with Gasteiger partial charge in [0.2, 0.25) is 11.8 Å². The highest BCUT2D eigenvalue weighted by Gasteiger charge is 2.11. The van der Waals surface area contributed by atoms with E-state index in [4.69, 9.17) is 33.3 Å². The van der Waals surface area contributed by atoms with Gasteiger partial charge in [0.1, 0.15) is 11.5 Å². The predicted molar refractivity (Wildman–Crippen MR) is 206 cm³/mol. The molecular weight excluding hydrogens is 740 g/mol. The fraction of sp³-hybridized carbons (Fsp3) is 0.212. The quantitative estimate of drug-likeness (QED) is 0.0572. The van der Waals surface area contributed by atoms with E-state index in [0.29, 0.717) is 28.5 Å². The fourth-order valence-corrected chi connectivity index (χ4v) is 6.86. The minimum absolute atomic E-state index is 0. The van der Waals surface area contributed by atoms with Crippen molar-refractivity contribution in [2.45, 2.75) is 25.6 Å². The molecular formula is C33H35ClN6O6S4. The number of phenolic OH excluding ortho intramolecular Hbond substituents is 2. The van der Waals surface area contributed by atoms with Gasteiger partial charge >= 0.3 is 0 Å². The number of hydrogen-bond donors (Lipinski definition) is 5. The highest BCUT2D eigenvalue weighted by atomic mass is 35.5. The van der Waals surface area contributed by atoms with Crippen LogP contribution in [0.25, 0.3) is 20.7 Å². The van der Waals surface area contributed by atoms with Gasteiger partial charge in [-0.2, -0.15) is 0 Å². The first-order valence-corrected chi connectivity index (χ1v) is 17.8. The first-order chi connectivity index (χ1) is 23.5. The molecule has 0 saturated carbocycles. The summed E-state index contributed by atoms with van der Waals surface area (Å²) in [4.78, 5) is 39.0. The Hall–Kier alpha value is -4.48. The standard InChI is InChI=1S/C16H15N3O3S2.C9H10ClNO3.C7H6N2S2.CH4/c1-9-3-6-13-15(17-9)19-16(24-13)23-8-14(21)18-10-4-5-12(22-2)11(20)7-10;1-14-8-3-2-6(4-7(8)12)11-9(13)5-10;1-4-2-3-5-6(8-4)9-7(10)11-5;/h3-7,20H,8H2,1-2H3,(H,18,21);2-4,12H,5H2,1H3,(H,11,13);2-3H,1H3,(H,8,9,10);1H4. The molecule has 0 aliphatic rings. The second kappa shape index (κ2) is 19.1. The molecule has 4 aromatic heterocycles. The smallest absolute Gasteiger partial charge is 0.239 e. The number of nitrogens with zero attached hydrogens (tertiary/aromatic N) is 3. The molecule has 0 saturated heterocycles. The number of aromatic nitrogens is 4. The molecule has 5 N–H and O–H groups in total. The van der Waals surface area contributed by atoms with Crippen LogP contribution in [0.5, 0.6) is 23.0 Å². The van der Waals surface area contributed by atoms with E-state index in [2.05, 4.69) is 30.6 Å². The summed E-state index contributed by atoms with van der Waals surface area (Å²) in [6.45, 7) is 3.89. The largest absolute Gasteiger partial charge is 0.504 e. The maximum Gasteiger partial charge on any atom is 0.239 e. The molecule has 0 atom stereocenters. The molecule has 0 radical (unpaired) electrons. The van der Waals surface area contributed by atoms with E-state index in [1.807, 2.05) is 38.1 Å². The summed E-state index contributed by atoms with van der Waals surface area (Å²) in [6.07, 6.45) is 0. The molecule has 264 valence electrons. The van der Waals surface area contributed by atoms with Gasteiger partial charge in [-0.05, 0) is 74.6 Å². The third-order valence-electron chi connectivity index (χ3n) is 6.17. The average molecular weight is 775 g/mol. The van der Waals surface area contributed by atoms with E-state index >= 15 is 0 Å². The molecule has 2 aromatic carbocycles. The number of alkyl halides is 1. The first-order valence-electron chi connectivity index (χ1n) is 14.2. The molecule has 2 amide bonds. The monoisotopic (exact) mass is 774 g/mol. The van der Waals surface area contributed by atoms with Crippen molar-refractivity contribution in [3.8, 4) is 23.0 Å². The molecule has 0 bridgehead atoms. The number of aromatic amines is 1. The Morgan fingerprint density at radius 3 is 1.96 bits per heavy atom. The minimum atomic E-state index is -0.323. The number of pyridine rings is 2. The number of aromatic hydroxyl groups is 2. The number of nitrogens with one attached hydrogen (secondary N) is 3. The van der Waals surface area contributed by atoms with Crippen LogP contribution in [0.4, 0.5) is 11.4 Å². The van der Waals surface area contributed by atoms with Gasteiger partial charge in [0.15, 0.2) is 36.9 Å². The number of aryl methyl sites for hydroxylation is 2. The number of benzene rings is 2. The Labute approximate surface area is 310 Å². The normalized spacial score (nSPS) is 10.2. The Bertz CT molecular complexity index is 2140. The van der Waals surface area contributed by atoms with Crippen LogP contribution in [0.15, 0.2) is 65.0 Å². The van der Waals surface area contributed by atoms with E-state index in [-0.39, 0.29) is 42.4 Å². The number of amides is 2. The third kappa shape index (κ3) is 11.6. The van der Waals surface area contributed by atoms with E-state index < -0.39 is 0 Å². The lowest BCUT2D eigenvalue weighted by Gasteiger charge is -2.07. The number of methoxy groups -OCH3 is 2. The number of thioether (sulfide) groups is 1. The van der Waals surface area contributed by atoms with Crippen molar-refractivity contribution in [2.75, 3.05) is 36.5 Å². The first kappa shape index (κ1) is 40.0. The number of thiazole rings is 2. The molecule has 0 fully saturated rings. The Morgan fingerprint density at radius 2 is 1.40 bits per heavy atom. The van der Waals surface area contributed by atoms with Crippen molar-refractivity contribution in [2.24, 2.45) is 0 Å². The van der Waals surface area contributed by atoms with Gasteiger partial charge in [-0.25, -0.2) is 15.0 Å². The van der Waals surface area contributed by atoms with E-state index in [1.54, 1.807) is 35.6 Å². The van der Waals surface area contributed by atoms with Gasteiger partial charge in [-0.15, -0.1) is 34.3 Å². The number of carbonyl (C=O) groups excluding carboxylic acids is 2. The lowest BCUT2D eigenvalue weighted by molar-refractivity contribution is -0.114. The van der Waals surface area contributed by atoms with Gasteiger partial charge in [-0.3, -0.25) is 9.59 Å². The summed E-state index contributed by atoms with van der Waals surface area (Å²) in [5.41, 5.74) is 4.54. The van der Waals surface area contributed by atoms with Crippen LogP contribution in [-0.4, -0.2) is 67.8 Å². The number of ether oxygens (including phenoxy) is 2. The summed E-state index contributed by atoms with van der Waals surface area (Å²) in [5.74, 6) is 0.284. The molecule has 6 aromatic rings. The number of H-pyrrole nitrogens is 1. The number of hydrogen-bond acceptors (Lipinski definition) is 13. The van der Waals surface area contributed by atoms with Crippen LogP contribution in [0.3, 0.4) is 0 Å². The topological polar surface area (TPSA) is 172 Å². The summed E-state index contributed by atoms with van der Waals surface area (Å²) < 4.78 is 13.5. The Morgan fingerprint density at radius 1 is 0.840 bits per heavy atom. The SMILES string of the molecule is C.COc1ccc(NC(=O)CCl)cc1O.COc1ccc(NC(=O)CSc2nc3nc(C)ccc3s2)cc1O.Cc1ccc2sc(=S)[nH]c2n1. The molecule has 4 heterocycles. The number of rotatable bonds is 8. The van der Waals surface area contributed by atoms with Crippen LogP contribution < -0.4 is 20.1 Å². The van der Waals surface area contributed by atoms with Gasteiger partial charge in [-0.1, -0.05) is 19.2 Å². The average Bonchev–Trinajstić information content (AvgIpc) is 3.65. The van der Waals surface area contributed by atoms with Crippen LogP contribution in [0.1, 0.15) is 18.8 Å². The van der Waals surface area contributed by atoms with Crippen LogP contribution >= 0.6 is 58.3 Å². The van der Waals surface area contributed by atoms with E-state index in [9.17, 15) is 19.8 Å². The number of fused-ring (bicyclic) bond motifs is 2. The third-order valence-corrected chi connectivity index (χ3v) is 9.75. The lowest BCUT2D eigenvalue weighted by atomic mass is 10.3. The fourth-order valence-electron chi connectivity index (χ4n) is 3.95. The minimum Gasteiger partial charge on any atom is -0.504 e. The molecule has 0 aliphatic carbocycles. The van der Waals surface area contributed by atoms with Gasteiger partial charge in [0, 0.05) is 34.9 Å². The number of carbonyl (C=O) groups is 2. The van der Waals surface area contributed by atoms with Gasteiger partial charge in [0.05, 0.1) is 29.4 Å². The number of anilines is 2. The van der Waals surface area contributed by atoms with Crippen molar-refractivity contribution in [1.82, 2.24) is 19.9 Å². The molecule has 0 aliphatic heterocycles. The molecule has 0 unspecified atom stereocenters.